The third-order valence-electron chi connectivity index (χ3n) is 5.43. The van der Waals surface area contributed by atoms with Crippen LogP contribution in [0.2, 0.25) is 5.02 Å². The molecule has 0 aliphatic carbocycles. The number of carbonyl (C=O) groups is 1. The summed E-state index contributed by atoms with van der Waals surface area (Å²) in [7, 11) is 0. The number of hydrogen-bond donors (Lipinski definition) is 1. The highest BCUT2D eigenvalue weighted by Gasteiger charge is 2.33. The van der Waals surface area contributed by atoms with Gasteiger partial charge >= 0.3 is 0 Å². The van der Waals surface area contributed by atoms with Gasteiger partial charge in [0.25, 0.3) is 5.91 Å². The van der Waals surface area contributed by atoms with Gasteiger partial charge in [0, 0.05) is 38.3 Å². The first-order chi connectivity index (χ1) is 15.5. The van der Waals surface area contributed by atoms with Crippen LogP contribution in [0.4, 0.5) is 0 Å². The molecule has 0 unspecified atom stereocenters. The highest BCUT2D eigenvalue weighted by molar-refractivity contribution is 6.31. The number of nitrogens with one attached hydrogen (secondary N) is 1. The number of fused-ring (bicyclic) bond motifs is 1. The lowest BCUT2D eigenvalue weighted by Crippen LogP contribution is -2.36. The van der Waals surface area contributed by atoms with Crippen molar-refractivity contribution in [1.82, 2.24) is 10.0 Å². The van der Waals surface area contributed by atoms with Crippen LogP contribution in [0.5, 0.6) is 0 Å². The number of hydrogen-bond acceptors (Lipinski definition) is 2. The van der Waals surface area contributed by atoms with Gasteiger partial charge in [-0.15, -0.1) is 0 Å². The Kier molecular flexibility index (Phi) is 6.45. The van der Waals surface area contributed by atoms with Crippen LogP contribution in [0.3, 0.4) is 0 Å². The number of H-pyrrole nitrogens is 1. The molecule has 1 aromatic heterocycles. The Balaban J connectivity index is 1.89. The molecule has 162 valence electrons. The average molecular weight is 445 g/mol. The number of halogens is 1. The van der Waals surface area contributed by atoms with Crippen molar-refractivity contribution in [2.45, 2.75) is 26.5 Å². The SMILES string of the molecule is C=C(C)C(=O)N(OCc1ccccc1)[C@H](c1ccccc1Cl)c1c(C)[nH]c2ccccc12. The number of aromatic amines is 1. The van der Waals surface area contributed by atoms with Crippen LogP contribution in [0.25, 0.3) is 10.9 Å². The summed E-state index contributed by atoms with van der Waals surface area (Å²) in [6.07, 6.45) is 0. The number of carbonyl (C=O) groups excluding carboxylic acids is 1. The molecule has 0 saturated heterocycles. The van der Waals surface area contributed by atoms with Crippen molar-refractivity contribution in [1.29, 1.82) is 0 Å². The summed E-state index contributed by atoms with van der Waals surface area (Å²) < 4.78 is 0. The average Bonchev–Trinajstić information content (AvgIpc) is 3.13. The minimum absolute atomic E-state index is 0.238. The third kappa shape index (κ3) is 4.33. The second kappa shape index (κ2) is 9.43. The zero-order valence-electron chi connectivity index (χ0n) is 18.1. The molecule has 4 aromatic rings. The van der Waals surface area contributed by atoms with E-state index in [9.17, 15) is 4.79 Å². The van der Waals surface area contributed by atoms with Crippen LogP contribution < -0.4 is 0 Å². The number of nitrogens with zero attached hydrogens (tertiary/aromatic N) is 1. The second-order valence-corrected chi connectivity index (χ2v) is 8.21. The first kappa shape index (κ1) is 21.9. The largest absolute Gasteiger partial charge is 0.358 e. The highest BCUT2D eigenvalue weighted by atomic mass is 35.5. The van der Waals surface area contributed by atoms with Crippen molar-refractivity contribution in [3.05, 3.63) is 118 Å². The summed E-state index contributed by atoms with van der Waals surface area (Å²) >= 11 is 6.66. The van der Waals surface area contributed by atoms with Crippen molar-refractivity contribution < 1.29 is 9.63 Å². The number of aromatic nitrogens is 1. The van der Waals surface area contributed by atoms with Crippen LogP contribution in [0.15, 0.2) is 91.0 Å². The quantitative estimate of drug-likeness (QED) is 0.253. The molecule has 0 aliphatic rings. The normalized spacial score (nSPS) is 12.0. The molecular formula is C27H25ClN2O2. The molecule has 0 radical (unpaired) electrons. The number of para-hydroxylation sites is 1. The molecule has 1 atom stereocenters. The molecule has 5 heteroatoms. The molecule has 4 nitrogen and oxygen atoms in total. The maximum atomic E-state index is 13.4. The van der Waals surface area contributed by atoms with E-state index in [0.717, 1.165) is 33.3 Å². The van der Waals surface area contributed by atoms with E-state index in [-0.39, 0.29) is 12.5 Å². The van der Waals surface area contributed by atoms with E-state index in [4.69, 9.17) is 16.4 Å². The first-order valence-electron chi connectivity index (χ1n) is 10.4. The number of hydroxylamine groups is 2. The standard InChI is InChI=1S/C27H25ClN2O2/c1-18(2)27(31)30(32-17-20-11-5-4-6-12-20)26(21-13-7-9-15-23(21)28)25-19(3)29-24-16-10-8-14-22(24)25/h4-16,26,29H,1,17H2,2-3H3/t26-/m1/s1. The Morgan fingerprint density at radius 1 is 1.03 bits per heavy atom. The third-order valence-corrected chi connectivity index (χ3v) is 5.77. The molecule has 0 fully saturated rings. The number of benzene rings is 3. The summed E-state index contributed by atoms with van der Waals surface area (Å²) in [5.41, 5.74) is 5.00. The highest BCUT2D eigenvalue weighted by Crippen LogP contribution is 2.39. The maximum absolute atomic E-state index is 13.4. The lowest BCUT2D eigenvalue weighted by molar-refractivity contribution is -0.198. The second-order valence-electron chi connectivity index (χ2n) is 7.80. The summed E-state index contributed by atoms with van der Waals surface area (Å²) in [5.74, 6) is -0.296. The van der Waals surface area contributed by atoms with Crippen molar-refractivity contribution in [2.24, 2.45) is 0 Å². The Hall–Kier alpha value is -3.34. The zero-order valence-corrected chi connectivity index (χ0v) is 18.9. The molecule has 3 aromatic carbocycles. The van der Waals surface area contributed by atoms with Crippen molar-refractivity contribution >= 4 is 28.4 Å². The van der Waals surface area contributed by atoms with Gasteiger partial charge in [-0.25, -0.2) is 5.06 Å². The van der Waals surface area contributed by atoms with Gasteiger partial charge in [-0.3, -0.25) is 9.63 Å². The van der Waals surface area contributed by atoms with Gasteiger partial charge in [0.2, 0.25) is 0 Å². The smallest absolute Gasteiger partial charge is 0.273 e. The summed E-state index contributed by atoms with van der Waals surface area (Å²) in [6.45, 7) is 7.81. The fourth-order valence-corrected chi connectivity index (χ4v) is 4.14. The van der Waals surface area contributed by atoms with E-state index in [2.05, 4.69) is 11.6 Å². The molecule has 0 bridgehead atoms. The van der Waals surface area contributed by atoms with Gasteiger partial charge < -0.3 is 4.98 Å². The molecule has 0 spiro atoms. The van der Waals surface area contributed by atoms with E-state index < -0.39 is 6.04 Å². The van der Waals surface area contributed by atoms with E-state index in [1.54, 1.807) is 6.92 Å². The van der Waals surface area contributed by atoms with Gasteiger partial charge in [-0.1, -0.05) is 84.9 Å². The topological polar surface area (TPSA) is 45.3 Å². The van der Waals surface area contributed by atoms with Gasteiger partial charge in [0.15, 0.2) is 0 Å². The molecule has 1 amide bonds. The fourth-order valence-electron chi connectivity index (χ4n) is 3.90. The van der Waals surface area contributed by atoms with E-state index in [1.807, 2.05) is 85.8 Å². The van der Waals surface area contributed by atoms with Gasteiger partial charge in [0.05, 0.1) is 0 Å². The van der Waals surface area contributed by atoms with Crippen molar-refractivity contribution in [2.75, 3.05) is 0 Å². The van der Waals surface area contributed by atoms with Crippen LogP contribution in [0.1, 0.15) is 35.3 Å². The van der Waals surface area contributed by atoms with Gasteiger partial charge in [-0.05, 0) is 31.5 Å². The van der Waals surface area contributed by atoms with Gasteiger partial charge in [0.1, 0.15) is 12.6 Å². The Morgan fingerprint density at radius 2 is 1.69 bits per heavy atom. The molecule has 32 heavy (non-hydrogen) atoms. The predicted molar refractivity (Wildman–Crippen MR) is 129 cm³/mol. The minimum Gasteiger partial charge on any atom is -0.358 e. The Morgan fingerprint density at radius 3 is 2.41 bits per heavy atom. The minimum atomic E-state index is -0.562. The van der Waals surface area contributed by atoms with Crippen molar-refractivity contribution in [3.63, 3.8) is 0 Å². The zero-order chi connectivity index (χ0) is 22.7. The predicted octanol–water partition coefficient (Wildman–Crippen LogP) is 6.76. The van der Waals surface area contributed by atoms with E-state index in [1.165, 1.54) is 5.06 Å². The lowest BCUT2D eigenvalue weighted by Gasteiger charge is -2.32. The molecule has 4 rings (SSSR count). The van der Waals surface area contributed by atoms with Crippen LogP contribution in [-0.4, -0.2) is 16.0 Å². The van der Waals surface area contributed by atoms with E-state index >= 15 is 0 Å². The molecule has 1 N–H and O–H groups in total. The van der Waals surface area contributed by atoms with Crippen LogP contribution >= 0.6 is 11.6 Å². The lowest BCUT2D eigenvalue weighted by atomic mass is 9.95. The maximum Gasteiger partial charge on any atom is 0.273 e. The van der Waals surface area contributed by atoms with E-state index in [0.29, 0.717) is 10.6 Å². The Bertz CT molecular complexity index is 1260. The molecular weight excluding hydrogens is 420 g/mol. The number of rotatable bonds is 7. The molecule has 0 saturated carbocycles. The Labute approximate surface area is 193 Å². The fraction of sp³-hybridized carbons (Fsp3) is 0.148. The van der Waals surface area contributed by atoms with Crippen LogP contribution in [0, 0.1) is 6.92 Å². The van der Waals surface area contributed by atoms with Gasteiger partial charge in [-0.2, -0.15) is 0 Å². The number of aryl methyl sites for hydroxylation is 1. The van der Waals surface area contributed by atoms with Crippen molar-refractivity contribution in [3.8, 4) is 0 Å². The summed E-state index contributed by atoms with van der Waals surface area (Å²) in [5, 5.41) is 2.99. The number of amides is 1. The molecule has 0 aliphatic heterocycles. The summed E-state index contributed by atoms with van der Waals surface area (Å²) in [6, 6.07) is 24.8. The summed E-state index contributed by atoms with van der Waals surface area (Å²) in [4.78, 5) is 23.0. The first-order valence-corrected chi connectivity index (χ1v) is 10.8. The molecule has 1 heterocycles. The van der Waals surface area contributed by atoms with Crippen LogP contribution in [-0.2, 0) is 16.2 Å². The monoisotopic (exact) mass is 444 g/mol.